The molecule has 22 heavy (non-hydrogen) atoms. The molecule has 0 atom stereocenters. The molecule has 0 saturated heterocycles. The third kappa shape index (κ3) is 4.52. The van der Waals surface area contributed by atoms with Crippen LogP contribution >= 0.6 is 0 Å². The molecule has 0 heterocycles. The molecule has 3 N–H and O–H groups in total. The maximum atomic E-state index is 12.6. The highest BCUT2D eigenvalue weighted by atomic mass is 19.4. The first-order valence-corrected chi connectivity index (χ1v) is 5.74. The van der Waals surface area contributed by atoms with E-state index < -0.39 is 29.3 Å². The fraction of sp³-hybridized carbons (Fsp3) is 0.154. The van der Waals surface area contributed by atoms with Crippen molar-refractivity contribution in [2.75, 3.05) is 5.32 Å². The van der Waals surface area contributed by atoms with Gasteiger partial charge in [0, 0.05) is 11.9 Å². The zero-order valence-electron chi connectivity index (χ0n) is 11.2. The van der Waals surface area contributed by atoms with Crippen LogP contribution in [0.25, 0.3) is 0 Å². The van der Waals surface area contributed by atoms with E-state index in [0.717, 1.165) is 18.3 Å². The monoisotopic (exact) mass is 313 g/mol. The summed E-state index contributed by atoms with van der Waals surface area (Å²) in [4.78, 5) is 21.6. The van der Waals surface area contributed by atoms with E-state index in [2.05, 4.69) is 5.32 Å². The number of halogens is 3. The van der Waals surface area contributed by atoms with Gasteiger partial charge in [-0.3, -0.25) is 10.1 Å². The van der Waals surface area contributed by atoms with E-state index in [1.807, 2.05) is 0 Å². The predicted molar refractivity (Wildman–Crippen MR) is 69.7 cm³/mol. The molecule has 0 radical (unpaired) electrons. The Morgan fingerprint density at radius 1 is 1.36 bits per heavy atom. The average molecular weight is 313 g/mol. The summed E-state index contributed by atoms with van der Waals surface area (Å²) >= 11 is 0. The number of amides is 2. The van der Waals surface area contributed by atoms with Crippen LogP contribution in [0.5, 0.6) is 0 Å². The van der Waals surface area contributed by atoms with Crippen LogP contribution in [-0.4, -0.2) is 17.1 Å². The van der Waals surface area contributed by atoms with E-state index in [0.29, 0.717) is 5.56 Å². The van der Waals surface area contributed by atoms with Crippen molar-refractivity contribution in [3.05, 3.63) is 41.1 Å². The van der Waals surface area contributed by atoms with Crippen LogP contribution in [0.1, 0.15) is 11.1 Å². The molecule has 0 fully saturated rings. The van der Waals surface area contributed by atoms with Gasteiger partial charge in [0.25, 0.3) is 5.91 Å². The van der Waals surface area contributed by atoms with Crippen molar-refractivity contribution in [2.24, 2.45) is 0 Å². The largest absolute Gasteiger partial charge is 0.465 e. The number of alkyl halides is 3. The highest BCUT2D eigenvalue weighted by Gasteiger charge is 2.30. The zero-order chi connectivity index (χ0) is 16.9. The Hall–Kier alpha value is -3.02. The molecule has 6 nitrogen and oxygen atoms in total. The molecule has 0 unspecified atom stereocenters. The van der Waals surface area contributed by atoms with E-state index >= 15 is 0 Å². The van der Waals surface area contributed by atoms with Gasteiger partial charge in [-0.1, -0.05) is 6.07 Å². The van der Waals surface area contributed by atoms with Gasteiger partial charge >= 0.3 is 12.3 Å². The number of hydrogen-bond donors (Lipinski definition) is 3. The van der Waals surface area contributed by atoms with Crippen LogP contribution in [-0.2, 0) is 11.0 Å². The van der Waals surface area contributed by atoms with Crippen LogP contribution < -0.4 is 10.6 Å². The fourth-order valence-electron chi connectivity index (χ4n) is 1.42. The van der Waals surface area contributed by atoms with Crippen LogP contribution in [0.4, 0.5) is 23.7 Å². The number of aryl methyl sites for hydroxylation is 1. The summed E-state index contributed by atoms with van der Waals surface area (Å²) in [6.45, 7) is 1.53. The summed E-state index contributed by atoms with van der Waals surface area (Å²) in [6.07, 6.45) is -5.35. The Bertz CT molecular complexity index is 675. The molecule has 0 aliphatic rings. The molecule has 1 aromatic carbocycles. The second kappa shape index (κ2) is 6.62. The predicted octanol–water partition coefficient (Wildman–Crippen LogP) is 2.63. The SMILES string of the molecule is Cc1ccc(C(F)(F)F)cc1NC=C(C#N)C(=O)NC(=O)O. The van der Waals surface area contributed by atoms with E-state index in [1.54, 1.807) is 0 Å². The molecular formula is C13H10F3N3O3. The number of benzene rings is 1. The molecule has 0 spiro atoms. The summed E-state index contributed by atoms with van der Waals surface area (Å²) < 4.78 is 37.8. The smallest absolute Gasteiger partial charge is 0.416 e. The first-order chi connectivity index (χ1) is 10.1. The number of carboxylic acid groups (broad SMARTS) is 1. The highest BCUT2D eigenvalue weighted by molar-refractivity contribution is 6.04. The Kier molecular flexibility index (Phi) is 5.13. The fourth-order valence-corrected chi connectivity index (χ4v) is 1.42. The van der Waals surface area contributed by atoms with Crippen LogP contribution in [0.3, 0.4) is 0 Å². The van der Waals surface area contributed by atoms with Crippen molar-refractivity contribution >= 4 is 17.7 Å². The molecule has 2 amide bonds. The van der Waals surface area contributed by atoms with Crippen molar-refractivity contribution in [1.29, 1.82) is 5.26 Å². The lowest BCUT2D eigenvalue weighted by Gasteiger charge is -2.11. The van der Waals surface area contributed by atoms with Crippen molar-refractivity contribution in [3.63, 3.8) is 0 Å². The van der Waals surface area contributed by atoms with Crippen molar-refractivity contribution < 1.29 is 27.9 Å². The molecule has 1 rings (SSSR count). The number of nitrogens with one attached hydrogen (secondary N) is 2. The van der Waals surface area contributed by atoms with E-state index in [9.17, 15) is 22.8 Å². The summed E-state index contributed by atoms with van der Waals surface area (Å²) in [5.74, 6) is -1.19. The number of nitrogens with zero attached hydrogens (tertiary/aromatic N) is 1. The van der Waals surface area contributed by atoms with E-state index in [4.69, 9.17) is 10.4 Å². The van der Waals surface area contributed by atoms with Gasteiger partial charge in [-0.2, -0.15) is 18.4 Å². The van der Waals surface area contributed by atoms with E-state index in [-0.39, 0.29) is 5.69 Å². The van der Waals surface area contributed by atoms with Crippen molar-refractivity contribution in [1.82, 2.24) is 5.32 Å². The van der Waals surface area contributed by atoms with Crippen LogP contribution in [0.2, 0.25) is 0 Å². The minimum atomic E-state index is -4.54. The molecule has 0 saturated carbocycles. The summed E-state index contributed by atoms with van der Waals surface area (Å²) in [5, 5.41) is 21.0. The summed E-state index contributed by atoms with van der Waals surface area (Å²) in [6, 6.07) is 4.38. The molecule has 9 heteroatoms. The Morgan fingerprint density at radius 2 is 2.00 bits per heavy atom. The number of carbonyl (C=O) groups excluding carboxylic acids is 1. The van der Waals surface area contributed by atoms with Gasteiger partial charge in [-0.25, -0.2) is 4.79 Å². The van der Waals surface area contributed by atoms with Gasteiger partial charge in [0.05, 0.1) is 5.56 Å². The van der Waals surface area contributed by atoms with Gasteiger partial charge in [0.2, 0.25) is 0 Å². The Labute approximate surface area is 122 Å². The third-order valence-corrected chi connectivity index (χ3v) is 2.52. The molecular weight excluding hydrogens is 303 g/mol. The molecule has 1 aromatic rings. The van der Waals surface area contributed by atoms with Crippen LogP contribution in [0, 0.1) is 18.3 Å². The third-order valence-electron chi connectivity index (χ3n) is 2.52. The second-order valence-electron chi connectivity index (χ2n) is 4.10. The first-order valence-electron chi connectivity index (χ1n) is 5.74. The Balaban J connectivity index is 3.03. The maximum absolute atomic E-state index is 12.6. The minimum absolute atomic E-state index is 0.0331. The van der Waals surface area contributed by atoms with Crippen LogP contribution in [0.15, 0.2) is 30.0 Å². The quantitative estimate of drug-likeness (QED) is 0.588. The topological polar surface area (TPSA) is 102 Å². The molecule has 0 bridgehead atoms. The van der Waals surface area contributed by atoms with Gasteiger partial charge < -0.3 is 10.4 Å². The summed E-state index contributed by atoms with van der Waals surface area (Å²) in [5.41, 5.74) is -1.02. The minimum Gasteiger partial charge on any atom is -0.465 e. The zero-order valence-corrected chi connectivity index (χ0v) is 11.2. The number of nitriles is 1. The number of carbonyl (C=O) groups is 2. The van der Waals surface area contributed by atoms with Gasteiger partial charge in [-0.15, -0.1) is 0 Å². The maximum Gasteiger partial charge on any atom is 0.416 e. The normalized spacial score (nSPS) is 11.5. The number of hydrogen-bond acceptors (Lipinski definition) is 4. The van der Waals surface area contributed by atoms with E-state index in [1.165, 1.54) is 24.4 Å². The molecule has 116 valence electrons. The number of imide groups is 1. The standard InChI is InChI=1S/C13H10F3N3O3/c1-7-2-3-9(13(14,15)16)4-10(7)18-6-8(5-17)11(20)19-12(21)22/h2-4,6,18H,1H3,(H,19,20)(H,21,22). The van der Waals surface area contributed by atoms with Crippen molar-refractivity contribution in [3.8, 4) is 6.07 Å². The highest BCUT2D eigenvalue weighted by Crippen LogP contribution is 2.32. The average Bonchev–Trinajstić information content (AvgIpc) is 2.39. The first kappa shape index (κ1) is 17.0. The molecule has 0 aliphatic carbocycles. The molecule has 0 aliphatic heterocycles. The van der Waals surface area contributed by atoms with Crippen molar-refractivity contribution in [2.45, 2.75) is 13.1 Å². The summed E-state index contributed by atoms with van der Waals surface area (Å²) in [7, 11) is 0. The number of anilines is 1. The van der Waals surface area contributed by atoms with Gasteiger partial charge in [0.1, 0.15) is 11.6 Å². The second-order valence-corrected chi connectivity index (χ2v) is 4.10. The molecule has 0 aromatic heterocycles. The Morgan fingerprint density at radius 3 is 2.50 bits per heavy atom. The lowest BCUT2D eigenvalue weighted by atomic mass is 10.1. The lowest BCUT2D eigenvalue weighted by Crippen LogP contribution is -2.29. The number of rotatable bonds is 3. The van der Waals surface area contributed by atoms with Gasteiger partial charge in [-0.05, 0) is 24.6 Å². The van der Waals surface area contributed by atoms with Gasteiger partial charge in [0.15, 0.2) is 0 Å². The lowest BCUT2D eigenvalue weighted by molar-refractivity contribution is -0.137.